The third-order valence-electron chi connectivity index (χ3n) is 6.02. The van der Waals surface area contributed by atoms with Crippen LogP contribution < -0.4 is 10.6 Å². The molecule has 38 heavy (non-hydrogen) atoms. The van der Waals surface area contributed by atoms with E-state index in [4.69, 9.17) is 10.1 Å². The average Bonchev–Trinajstić information content (AvgIpc) is 3.13. The molecule has 5 rings (SSSR count). The van der Waals surface area contributed by atoms with Gasteiger partial charge in [-0.2, -0.15) is 0 Å². The molecule has 0 saturated carbocycles. The van der Waals surface area contributed by atoms with Crippen molar-refractivity contribution in [1.29, 1.82) is 0 Å². The molecule has 1 amide bonds. The van der Waals surface area contributed by atoms with Crippen molar-refractivity contribution < 1.29 is 14.7 Å². The van der Waals surface area contributed by atoms with Crippen molar-refractivity contribution in [2.75, 3.05) is 11.9 Å². The van der Waals surface area contributed by atoms with E-state index in [9.17, 15) is 9.59 Å². The van der Waals surface area contributed by atoms with Crippen molar-refractivity contribution >= 4 is 28.5 Å². The number of para-hydroxylation sites is 1. The number of aliphatic carboxylic acids is 1. The van der Waals surface area contributed by atoms with Gasteiger partial charge in [-0.3, -0.25) is 9.59 Å². The van der Waals surface area contributed by atoms with Gasteiger partial charge >= 0.3 is 5.97 Å². The van der Waals surface area contributed by atoms with E-state index in [2.05, 4.69) is 59.2 Å². The Kier molecular flexibility index (Phi) is 9.16. The van der Waals surface area contributed by atoms with Crippen LogP contribution in [-0.4, -0.2) is 28.5 Å². The van der Waals surface area contributed by atoms with Crippen LogP contribution >= 0.6 is 0 Å². The number of anilines is 1. The number of nitrogens with zero attached hydrogens (tertiary/aromatic N) is 1. The molecule has 0 atom stereocenters. The first-order valence-corrected chi connectivity index (χ1v) is 12.6. The van der Waals surface area contributed by atoms with E-state index >= 15 is 0 Å². The standard InChI is InChI=1S/C24H23N3O.C8H8O2/c1-17(28)26-20-10-6-11-21-22-12-5-9-19(24(22)27-23(21)15-20)16-25-14-13-18-7-3-2-4-8-18;9-8(10)6-7-4-2-1-3-5-7/h2-12,15,25H,13-14,16H2,1H3,(H,26,28);1-5H,6H2,(H,9,10). The molecule has 0 aromatic heterocycles. The van der Waals surface area contributed by atoms with Crippen molar-refractivity contribution in [3.63, 3.8) is 0 Å². The molecule has 6 nitrogen and oxygen atoms in total. The fourth-order valence-corrected chi connectivity index (χ4v) is 4.28. The maximum atomic E-state index is 11.4. The number of nitrogens with one attached hydrogen (secondary N) is 2. The van der Waals surface area contributed by atoms with Crippen LogP contribution in [0.2, 0.25) is 0 Å². The van der Waals surface area contributed by atoms with Crippen LogP contribution in [0.4, 0.5) is 5.69 Å². The van der Waals surface area contributed by atoms with E-state index < -0.39 is 5.97 Å². The van der Waals surface area contributed by atoms with E-state index in [0.29, 0.717) is 0 Å². The molecule has 0 bridgehead atoms. The van der Waals surface area contributed by atoms with Crippen molar-refractivity contribution in [3.8, 4) is 11.3 Å². The number of fused-ring (bicyclic) bond motifs is 3. The van der Waals surface area contributed by atoms with Crippen LogP contribution in [0, 0.1) is 0 Å². The summed E-state index contributed by atoms with van der Waals surface area (Å²) in [5, 5.41) is 15.9. The second-order valence-electron chi connectivity index (χ2n) is 9.00. The highest BCUT2D eigenvalue weighted by Gasteiger charge is 2.14. The molecule has 1 aliphatic heterocycles. The summed E-state index contributed by atoms with van der Waals surface area (Å²) in [7, 11) is 0. The molecule has 3 aromatic carbocycles. The second kappa shape index (κ2) is 13.1. The highest BCUT2D eigenvalue weighted by atomic mass is 16.4. The maximum Gasteiger partial charge on any atom is 0.307 e. The lowest BCUT2D eigenvalue weighted by atomic mass is 10.1. The number of carboxylic acids is 1. The van der Waals surface area contributed by atoms with Gasteiger partial charge in [-0.05, 0) is 41.8 Å². The summed E-state index contributed by atoms with van der Waals surface area (Å²) >= 11 is 0. The van der Waals surface area contributed by atoms with E-state index in [1.54, 1.807) is 12.1 Å². The summed E-state index contributed by atoms with van der Waals surface area (Å²) < 4.78 is 0. The number of hydrogen-bond donors (Lipinski definition) is 3. The Morgan fingerprint density at radius 3 is 2.18 bits per heavy atom. The molecule has 0 unspecified atom stereocenters. The van der Waals surface area contributed by atoms with Crippen LogP contribution in [-0.2, 0) is 29.0 Å². The average molecular weight is 506 g/mol. The van der Waals surface area contributed by atoms with Gasteiger partial charge in [-0.15, -0.1) is 0 Å². The number of rotatable bonds is 8. The molecule has 6 heteroatoms. The van der Waals surface area contributed by atoms with Crippen molar-refractivity contribution in [2.24, 2.45) is 0 Å². The monoisotopic (exact) mass is 505 g/mol. The molecule has 2 aliphatic rings. The minimum absolute atomic E-state index is 0.0845. The van der Waals surface area contributed by atoms with Gasteiger partial charge in [0.1, 0.15) is 0 Å². The first-order valence-electron chi connectivity index (χ1n) is 12.6. The molecular weight excluding hydrogens is 474 g/mol. The Bertz CT molecular complexity index is 1470. The first kappa shape index (κ1) is 26.5. The number of aromatic nitrogens is 1. The summed E-state index contributed by atoms with van der Waals surface area (Å²) in [5.74, 6) is -0.870. The van der Waals surface area contributed by atoms with Gasteiger partial charge < -0.3 is 15.7 Å². The summed E-state index contributed by atoms with van der Waals surface area (Å²) in [6, 6.07) is 33.8. The Morgan fingerprint density at radius 2 is 1.50 bits per heavy atom. The van der Waals surface area contributed by atoms with Crippen molar-refractivity contribution in [3.05, 3.63) is 120 Å². The molecule has 0 spiro atoms. The van der Waals surface area contributed by atoms with Gasteiger partial charge in [0.15, 0.2) is 0 Å². The third kappa shape index (κ3) is 7.48. The Labute approximate surface area is 222 Å². The van der Waals surface area contributed by atoms with E-state index in [0.717, 1.165) is 52.9 Å². The molecule has 0 fully saturated rings. The fraction of sp³-hybridized carbons (Fsp3) is 0.156. The van der Waals surface area contributed by atoms with Crippen LogP contribution in [0.1, 0.15) is 23.6 Å². The Hall–Kier alpha value is -4.55. The molecule has 1 aliphatic carbocycles. The lowest BCUT2D eigenvalue weighted by Gasteiger charge is -2.06. The van der Waals surface area contributed by atoms with Gasteiger partial charge in [0.2, 0.25) is 5.91 Å². The SMILES string of the molecule is CC(=O)Nc1cccc2c3cccc(CNCCc4ccccc4)c3nc-2c1.O=C(O)Cc1ccccc1. The lowest BCUT2D eigenvalue weighted by Crippen LogP contribution is -2.16. The quantitative estimate of drug-likeness (QED) is 0.227. The molecule has 3 aromatic rings. The van der Waals surface area contributed by atoms with E-state index in [-0.39, 0.29) is 12.3 Å². The molecular formula is C32H31N3O3. The van der Waals surface area contributed by atoms with Gasteiger partial charge in [0.05, 0.1) is 17.6 Å². The smallest absolute Gasteiger partial charge is 0.307 e. The number of carbonyl (C=O) groups excluding carboxylic acids is 1. The first-order chi connectivity index (χ1) is 18.5. The number of amides is 1. The summed E-state index contributed by atoms with van der Waals surface area (Å²) in [5.41, 5.74) is 7.12. The number of carboxylic acid groups (broad SMARTS) is 1. The van der Waals surface area contributed by atoms with Crippen molar-refractivity contribution in [2.45, 2.75) is 26.3 Å². The molecule has 0 saturated heterocycles. The molecule has 3 N–H and O–H groups in total. The third-order valence-corrected chi connectivity index (χ3v) is 6.02. The fourth-order valence-electron chi connectivity index (χ4n) is 4.28. The lowest BCUT2D eigenvalue weighted by molar-refractivity contribution is -0.136. The van der Waals surface area contributed by atoms with Gasteiger partial charge in [0, 0.05) is 30.1 Å². The molecule has 0 radical (unpaired) electrons. The summed E-state index contributed by atoms with van der Waals surface area (Å²) in [6.45, 7) is 3.21. The summed E-state index contributed by atoms with van der Waals surface area (Å²) in [6.07, 6.45) is 1.12. The van der Waals surface area contributed by atoms with Crippen LogP contribution in [0.15, 0.2) is 103 Å². The zero-order valence-electron chi connectivity index (χ0n) is 21.4. The molecule has 1 heterocycles. The van der Waals surface area contributed by atoms with E-state index in [1.165, 1.54) is 18.1 Å². The van der Waals surface area contributed by atoms with Crippen LogP contribution in [0.5, 0.6) is 0 Å². The zero-order valence-corrected chi connectivity index (χ0v) is 21.4. The predicted molar refractivity (Wildman–Crippen MR) is 152 cm³/mol. The maximum absolute atomic E-state index is 11.4. The van der Waals surface area contributed by atoms with E-state index in [1.807, 2.05) is 42.5 Å². The number of benzene rings is 3. The largest absolute Gasteiger partial charge is 0.481 e. The Balaban J connectivity index is 0.000000283. The highest BCUT2D eigenvalue weighted by Crippen LogP contribution is 2.33. The van der Waals surface area contributed by atoms with Crippen LogP contribution in [0.25, 0.3) is 22.2 Å². The molecule has 192 valence electrons. The zero-order chi connectivity index (χ0) is 26.7. The number of hydrogen-bond acceptors (Lipinski definition) is 4. The second-order valence-corrected chi connectivity index (χ2v) is 9.00. The van der Waals surface area contributed by atoms with Gasteiger partial charge in [-0.1, -0.05) is 91.0 Å². The topological polar surface area (TPSA) is 91.3 Å². The highest BCUT2D eigenvalue weighted by molar-refractivity contribution is 6.00. The summed E-state index contributed by atoms with van der Waals surface area (Å²) in [4.78, 5) is 26.4. The normalized spacial score (nSPS) is 10.6. The minimum Gasteiger partial charge on any atom is -0.481 e. The Morgan fingerprint density at radius 1 is 0.816 bits per heavy atom. The van der Waals surface area contributed by atoms with Crippen molar-refractivity contribution in [1.82, 2.24) is 10.3 Å². The van der Waals surface area contributed by atoms with Gasteiger partial charge in [-0.25, -0.2) is 4.98 Å². The van der Waals surface area contributed by atoms with Gasteiger partial charge in [0.25, 0.3) is 0 Å². The number of carbonyl (C=O) groups is 2. The predicted octanol–water partition coefficient (Wildman–Crippen LogP) is 5.94. The minimum atomic E-state index is -0.786. The van der Waals surface area contributed by atoms with Crippen LogP contribution in [0.3, 0.4) is 0 Å².